The summed E-state index contributed by atoms with van der Waals surface area (Å²) in [6, 6.07) is 9.75. The maximum absolute atomic E-state index is 10.6. The summed E-state index contributed by atoms with van der Waals surface area (Å²) in [5.41, 5.74) is 1.09. The fourth-order valence-electron chi connectivity index (χ4n) is 1.23. The molecule has 3 heteroatoms. The van der Waals surface area contributed by atoms with E-state index in [2.05, 4.69) is 0 Å². The first-order valence-electron chi connectivity index (χ1n) is 6.18. The van der Waals surface area contributed by atoms with Crippen molar-refractivity contribution in [3.8, 4) is 0 Å². The first kappa shape index (κ1) is 16.4. The topological polar surface area (TPSA) is 43.4 Å². The molecule has 0 amide bonds. The van der Waals surface area contributed by atoms with Crippen LogP contribution in [0.15, 0.2) is 30.3 Å². The number of hydrogen-bond donors (Lipinski definition) is 0. The number of hydrogen-bond acceptors (Lipinski definition) is 3. The minimum atomic E-state index is -0.125. The first-order chi connectivity index (χ1) is 8.45. The number of Topliss-reactive ketones (excluding diaryl/α,β-unsaturated/α-hetero) is 1. The lowest BCUT2D eigenvalue weighted by molar-refractivity contribution is -0.146. The molecule has 0 unspecified atom stereocenters. The Balaban J connectivity index is 0.000000331. The number of carbonyl (C=O) groups is 2. The molecule has 1 aromatic carbocycles. The molecule has 0 radical (unpaired) electrons. The van der Waals surface area contributed by atoms with Gasteiger partial charge in [-0.25, -0.2) is 0 Å². The van der Waals surface area contributed by atoms with Crippen LogP contribution >= 0.6 is 0 Å². The third-order valence-electron chi connectivity index (χ3n) is 1.95. The highest BCUT2D eigenvalue weighted by molar-refractivity contribution is 5.78. The van der Waals surface area contributed by atoms with E-state index in [1.165, 1.54) is 0 Å². The van der Waals surface area contributed by atoms with Gasteiger partial charge in [-0.1, -0.05) is 37.3 Å². The van der Waals surface area contributed by atoms with Gasteiger partial charge in [0.15, 0.2) is 0 Å². The molecule has 0 aromatic heterocycles. The SMILES string of the molecule is CC(=O)Cc1ccccc1.CCC(=O)OC(C)C. The van der Waals surface area contributed by atoms with Crippen molar-refractivity contribution in [2.45, 2.75) is 46.6 Å². The van der Waals surface area contributed by atoms with Gasteiger partial charge in [0.05, 0.1) is 6.10 Å². The summed E-state index contributed by atoms with van der Waals surface area (Å²) in [5, 5.41) is 0. The molecule has 1 rings (SSSR count). The molecule has 0 aliphatic heterocycles. The van der Waals surface area contributed by atoms with Gasteiger partial charge in [0.2, 0.25) is 0 Å². The maximum atomic E-state index is 10.6. The minimum Gasteiger partial charge on any atom is -0.463 e. The lowest BCUT2D eigenvalue weighted by Gasteiger charge is -2.04. The lowest BCUT2D eigenvalue weighted by Crippen LogP contribution is -2.09. The van der Waals surface area contributed by atoms with E-state index in [1.807, 2.05) is 44.2 Å². The standard InChI is InChI=1S/C9H10O.C6H12O2/c1-8(10)7-9-5-3-2-4-6-9;1-4-6(7)8-5(2)3/h2-6H,7H2,1H3;5H,4H2,1-3H3. The zero-order valence-electron chi connectivity index (χ0n) is 11.6. The Morgan fingerprint density at radius 1 is 1.17 bits per heavy atom. The molecule has 0 spiro atoms. The van der Waals surface area contributed by atoms with Crippen molar-refractivity contribution in [1.82, 2.24) is 0 Å². The van der Waals surface area contributed by atoms with E-state index in [0.717, 1.165) is 5.56 Å². The Morgan fingerprint density at radius 2 is 1.72 bits per heavy atom. The highest BCUT2D eigenvalue weighted by Gasteiger charge is 1.99. The average molecular weight is 250 g/mol. The van der Waals surface area contributed by atoms with Crippen molar-refractivity contribution in [3.63, 3.8) is 0 Å². The Labute approximate surface area is 109 Å². The van der Waals surface area contributed by atoms with Gasteiger partial charge in [-0.3, -0.25) is 9.59 Å². The molecule has 18 heavy (non-hydrogen) atoms. The molecule has 0 atom stereocenters. The van der Waals surface area contributed by atoms with Gasteiger partial charge in [0.25, 0.3) is 0 Å². The van der Waals surface area contributed by atoms with Crippen LogP contribution in [-0.2, 0) is 20.7 Å². The Hall–Kier alpha value is -1.64. The van der Waals surface area contributed by atoms with Gasteiger partial charge in [-0.2, -0.15) is 0 Å². The van der Waals surface area contributed by atoms with E-state index in [1.54, 1.807) is 13.8 Å². The van der Waals surface area contributed by atoms with Crippen LogP contribution in [0.25, 0.3) is 0 Å². The molecule has 0 fully saturated rings. The molecular weight excluding hydrogens is 228 g/mol. The summed E-state index contributed by atoms with van der Waals surface area (Å²) in [4.78, 5) is 21.0. The van der Waals surface area contributed by atoms with Crippen LogP contribution < -0.4 is 0 Å². The zero-order chi connectivity index (χ0) is 14.0. The molecule has 0 aliphatic rings. The molecule has 1 aromatic rings. The number of carbonyl (C=O) groups excluding carboxylic acids is 2. The summed E-state index contributed by atoms with van der Waals surface area (Å²) in [5.74, 6) is 0.0891. The first-order valence-corrected chi connectivity index (χ1v) is 6.18. The van der Waals surface area contributed by atoms with Crippen LogP contribution in [0.5, 0.6) is 0 Å². The monoisotopic (exact) mass is 250 g/mol. The highest BCUT2D eigenvalue weighted by Crippen LogP contribution is 1.98. The van der Waals surface area contributed by atoms with Crippen molar-refractivity contribution >= 4 is 11.8 Å². The smallest absolute Gasteiger partial charge is 0.305 e. The molecule has 0 aliphatic carbocycles. The summed E-state index contributed by atoms with van der Waals surface area (Å²) in [6.45, 7) is 7.07. The average Bonchev–Trinajstić information content (AvgIpc) is 2.29. The van der Waals surface area contributed by atoms with Crippen molar-refractivity contribution in [3.05, 3.63) is 35.9 Å². The van der Waals surface area contributed by atoms with Gasteiger partial charge in [0, 0.05) is 12.8 Å². The van der Waals surface area contributed by atoms with E-state index in [0.29, 0.717) is 12.8 Å². The van der Waals surface area contributed by atoms with Gasteiger partial charge in [-0.05, 0) is 26.3 Å². The molecule has 0 saturated carbocycles. The fourth-order valence-corrected chi connectivity index (χ4v) is 1.23. The van der Waals surface area contributed by atoms with Gasteiger partial charge in [-0.15, -0.1) is 0 Å². The van der Waals surface area contributed by atoms with E-state index < -0.39 is 0 Å². The number of ketones is 1. The van der Waals surface area contributed by atoms with Crippen molar-refractivity contribution in [1.29, 1.82) is 0 Å². The quantitative estimate of drug-likeness (QED) is 0.771. The summed E-state index contributed by atoms with van der Waals surface area (Å²) >= 11 is 0. The molecular formula is C15H22O3. The van der Waals surface area contributed by atoms with E-state index >= 15 is 0 Å². The van der Waals surface area contributed by atoms with Gasteiger partial charge >= 0.3 is 5.97 Å². The predicted molar refractivity (Wildman–Crippen MR) is 72.3 cm³/mol. The van der Waals surface area contributed by atoms with E-state index in [-0.39, 0.29) is 17.9 Å². The van der Waals surface area contributed by atoms with E-state index in [4.69, 9.17) is 4.74 Å². The Kier molecular flexibility index (Phi) is 8.54. The van der Waals surface area contributed by atoms with Crippen LogP contribution in [0.1, 0.15) is 39.7 Å². The van der Waals surface area contributed by atoms with Crippen LogP contribution in [0.3, 0.4) is 0 Å². The minimum absolute atomic E-state index is 0.0300. The maximum Gasteiger partial charge on any atom is 0.305 e. The molecule has 0 N–H and O–H groups in total. The second-order valence-electron chi connectivity index (χ2n) is 4.26. The number of rotatable bonds is 4. The van der Waals surface area contributed by atoms with E-state index in [9.17, 15) is 9.59 Å². The van der Waals surface area contributed by atoms with Crippen LogP contribution in [0.2, 0.25) is 0 Å². The van der Waals surface area contributed by atoms with Gasteiger partial charge in [0.1, 0.15) is 5.78 Å². The lowest BCUT2D eigenvalue weighted by atomic mass is 10.1. The summed E-state index contributed by atoms with van der Waals surface area (Å²) in [6.07, 6.45) is 1.06. The Bertz CT molecular complexity index is 355. The third-order valence-corrected chi connectivity index (χ3v) is 1.95. The molecule has 100 valence electrons. The second kappa shape index (κ2) is 9.40. The Morgan fingerprint density at radius 3 is 2.06 bits per heavy atom. The highest BCUT2D eigenvalue weighted by atomic mass is 16.5. The van der Waals surface area contributed by atoms with Gasteiger partial charge < -0.3 is 4.74 Å². The summed E-state index contributed by atoms with van der Waals surface area (Å²) in [7, 11) is 0. The molecule has 3 nitrogen and oxygen atoms in total. The molecule has 0 heterocycles. The predicted octanol–water partition coefficient (Wildman–Crippen LogP) is 3.17. The zero-order valence-corrected chi connectivity index (χ0v) is 11.6. The van der Waals surface area contributed by atoms with Crippen molar-refractivity contribution < 1.29 is 14.3 Å². The van der Waals surface area contributed by atoms with Crippen LogP contribution in [-0.4, -0.2) is 17.9 Å². The van der Waals surface area contributed by atoms with Crippen LogP contribution in [0, 0.1) is 0 Å². The number of benzene rings is 1. The summed E-state index contributed by atoms with van der Waals surface area (Å²) < 4.78 is 4.76. The largest absolute Gasteiger partial charge is 0.463 e. The second-order valence-corrected chi connectivity index (χ2v) is 4.26. The fraction of sp³-hybridized carbons (Fsp3) is 0.467. The normalized spacial score (nSPS) is 9.39. The van der Waals surface area contributed by atoms with Crippen LogP contribution in [0.4, 0.5) is 0 Å². The van der Waals surface area contributed by atoms with Crippen molar-refractivity contribution in [2.24, 2.45) is 0 Å². The molecule has 0 bridgehead atoms. The number of esters is 1. The third kappa shape index (κ3) is 9.58. The van der Waals surface area contributed by atoms with Crippen molar-refractivity contribution in [2.75, 3.05) is 0 Å². The number of ether oxygens (including phenoxy) is 1. The molecule has 0 saturated heterocycles.